The van der Waals surface area contributed by atoms with E-state index in [-0.39, 0.29) is 17.3 Å². The fraction of sp³-hybridized carbons (Fsp3) is 0.317. The van der Waals surface area contributed by atoms with Gasteiger partial charge < -0.3 is 19.1 Å². The summed E-state index contributed by atoms with van der Waals surface area (Å²) in [5, 5.41) is -1.43. The summed E-state index contributed by atoms with van der Waals surface area (Å²) >= 11 is 0.254. The Hall–Kier alpha value is -4.52. The number of piperidine rings is 1. The van der Waals surface area contributed by atoms with Crippen LogP contribution in [0.5, 0.6) is 0 Å². The Labute approximate surface area is 340 Å². The van der Waals surface area contributed by atoms with E-state index in [0.29, 0.717) is 9.47 Å². The van der Waals surface area contributed by atoms with Gasteiger partial charge in [0.2, 0.25) is 5.91 Å². The molecule has 2 heterocycles. The van der Waals surface area contributed by atoms with Crippen LogP contribution in [0.2, 0.25) is 0 Å². The lowest BCUT2D eigenvalue weighted by molar-refractivity contribution is -0.137. The molecule has 0 saturated carbocycles. The monoisotopic (exact) mass is 771 g/mol. The highest BCUT2D eigenvalue weighted by atomic mass is 32.2. The van der Waals surface area contributed by atoms with Gasteiger partial charge in [-0.15, -0.1) is 11.8 Å². The molecule has 4 aromatic carbocycles. The highest BCUT2D eigenvalue weighted by Crippen LogP contribution is 2.32. The largest absolute Gasteiger partial charge is 0.416 e. The van der Waals surface area contributed by atoms with Gasteiger partial charge in [-0.2, -0.15) is 13.2 Å². The van der Waals surface area contributed by atoms with Crippen LogP contribution in [-0.4, -0.2) is 59.5 Å². The van der Waals surface area contributed by atoms with E-state index in [9.17, 15) is 25.1 Å². The Balaban J connectivity index is 1.60. The fourth-order valence-corrected chi connectivity index (χ4v) is 6.22. The van der Waals surface area contributed by atoms with Gasteiger partial charge in [0.15, 0.2) is 17.1 Å². The van der Waals surface area contributed by atoms with Gasteiger partial charge in [-0.1, -0.05) is 59.9 Å². The van der Waals surface area contributed by atoms with Crippen LogP contribution in [0.25, 0.3) is 22.0 Å². The van der Waals surface area contributed by atoms with Crippen LogP contribution < -0.4 is 5.43 Å². The van der Waals surface area contributed by atoms with Crippen LogP contribution in [0.1, 0.15) is 65.3 Å². The van der Waals surface area contributed by atoms with Crippen LogP contribution >= 0.6 is 11.8 Å². The predicted molar refractivity (Wildman–Crippen MR) is 198 cm³/mol. The van der Waals surface area contributed by atoms with Crippen molar-refractivity contribution >= 4 is 28.6 Å². The van der Waals surface area contributed by atoms with Crippen molar-refractivity contribution < 1.29 is 61.6 Å². The number of methoxy groups -OCH3 is 1. The number of carbonyl (C=O) groups is 1. The third kappa shape index (κ3) is 9.17. The molecule has 0 unspecified atom stereocenters. The van der Waals surface area contributed by atoms with Crippen LogP contribution in [0.4, 0.5) is 22.0 Å². The molecule has 0 spiro atoms. The van der Waals surface area contributed by atoms with Crippen molar-refractivity contribution in [3.05, 3.63) is 135 Å². The van der Waals surface area contributed by atoms with E-state index in [1.807, 2.05) is 0 Å². The number of benzene rings is 4. The van der Waals surface area contributed by atoms with Crippen molar-refractivity contribution in [2.45, 2.75) is 55.8 Å². The van der Waals surface area contributed by atoms with Crippen molar-refractivity contribution in [3.63, 3.8) is 0 Å². The Morgan fingerprint density at radius 3 is 2.38 bits per heavy atom. The maximum Gasteiger partial charge on any atom is 0.416 e. The van der Waals surface area contributed by atoms with E-state index in [1.54, 1.807) is 0 Å². The number of hydrogen-bond acceptors (Lipinski definition) is 5. The van der Waals surface area contributed by atoms with Crippen LogP contribution in [0.3, 0.4) is 0 Å². The molecule has 5 aromatic rings. The molecule has 1 aliphatic rings. The second kappa shape index (κ2) is 16.7. The first-order valence-electron chi connectivity index (χ1n) is 26.5. The average molecular weight is 772 g/mol. The minimum Gasteiger partial charge on any atom is -0.383 e. The molecular formula is C41H40F5N3O3S. The summed E-state index contributed by atoms with van der Waals surface area (Å²) in [6, 6.07) is -19.8. The maximum atomic E-state index is 15.3. The van der Waals surface area contributed by atoms with Gasteiger partial charge in [-0.3, -0.25) is 9.59 Å². The average Bonchev–Trinajstić information content (AvgIpc) is 3.31. The van der Waals surface area contributed by atoms with Crippen LogP contribution in [0.15, 0.2) is 100 Å². The summed E-state index contributed by atoms with van der Waals surface area (Å²) in [6.45, 7) is -8.14. The summed E-state index contributed by atoms with van der Waals surface area (Å²) < 4.78 is 263. The number of alkyl halides is 3. The number of amides is 1. The molecule has 53 heavy (non-hydrogen) atoms. The summed E-state index contributed by atoms with van der Waals surface area (Å²) in [4.78, 5) is 30.7. The molecule has 1 amide bonds. The second-order valence-corrected chi connectivity index (χ2v) is 12.3. The molecule has 1 fully saturated rings. The number of ether oxygens (including phenoxy) is 1. The van der Waals surface area contributed by atoms with Gasteiger partial charge >= 0.3 is 6.18 Å². The lowest BCUT2D eigenvalue weighted by Crippen LogP contribution is -2.48. The molecule has 1 saturated heterocycles. The third-order valence-electron chi connectivity index (χ3n) is 7.84. The van der Waals surface area contributed by atoms with Crippen molar-refractivity contribution in [2.75, 3.05) is 33.2 Å². The predicted octanol–water partition coefficient (Wildman–Crippen LogP) is 8.71. The Morgan fingerprint density at radius 2 is 1.70 bits per heavy atom. The molecule has 12 heteroatoms. The van der Waals surface area contributed by atoms with E-state index in [0.717, 1.165) is 4.90 Å². The van der Waals surface area contributed by atoms with Crippen molar-refractivity contribution in [3.8, 4) is 11.1 Å². The van der Waals surface area contributed by atoms with Gasteiger partial charge in [0.1, 0.15) is 6.54 Å². The summed E-state index contributed by atoms with van der Waals surface area (Å²) in [7, 11) is -3.04. The minimum atomic E-state index is -5.44. The molecule has 1 aliphatic heterocycles. The lowest BCUT2D eigenvalue weighted by atomic mass is 10.00. The Bertz CT molecular complexity index is 3170. The maximum absolute atomic E-state index is 15.3. The molecule has 0 bridgehead atoms. The van der Waals surface area contributed by atoms with Gasteiger partial charge in [-0.05, 0) is 66.7 Å². The summed E-state index contributed by atoms with van der Waals surface area (Å²) in [5.41, 5.74) is -8.65. The smallest absolute Gasteiger partial charge is 0.383 e. The molecule has 278 valence electrons. The summed E-state index contributed by atoms with van der Waals surface area (Å²) in [6.07, 6.45) is -6.33. The molecule has 0 N–H and O–H groups in total. The zero-order chi connectivity index (χ0) is 56.8. The molecule has 1 aromatic heterocycles. The van der Waals surface area contributed by atoms with E-state index in [2.05, 4.69) is 4.74 Å². The van der Waals surface area contributed by atoms with E-state index < -0.39 is 234 Å². The quantitative estimate of drug-likeness (QED) is 0.0939. The second-order valence-electron chi connectivity index (χ2n) is 11.4. The topological polar surface area (TPSA) is 54.8 Å². The van der Waals surface area contributed by atoms with Gasteiger partial charge in [0.25, 0.3) is 0 Å². The molecule has 0 radical (unpaired) electrons. The number of rotatable bonds is 12. The number of thioether (sulfide) groups is 1. The number of pyridine rings is 1. The normalized spacial score (nSPS) is 20.9. The van der Waals surface area contributed by atoms with Gasteiger partial charge in [0.05, 0.1) is 50.1 Å². The number of halogens is 5. The SMILES string of the molecule is [2H]c1c([2H])c(F)c(F)c(CSc2c([2H])c(=O)c3c([2H])c(C)c([2H])c([2H])c3n2CC(=O)N(C2CCN(C([2H])([2H])COC([2H])([2H])[2H])CC2)C([2H])([2H])c2c([2H])c([2H])c(-c3c([2H])c([2H])c(C(F)(F)F)c([2H])c3[2H])c([2H])c2[2H])c1[2H]. The first-order chi connectivity index (χ1) is 34.3. The molecule has 0 atom stereocenters. The van der Waals surface area contributed by atoms with Crippen molar-refractivity contribution in [2.24, 2.45) is 0 Å². The van der Waals surface area contributed by atoms with E-state index in [4.69, 9.17) is 27.4 Å². The third-order valence-corrected chi connectivity index (χ3v) is 8.87. The number of likely N-dealkylation sites (tertiary alicyclic amines) is 1. The zero-order valence-corrected chi connectivity index (χ0v) is 28.2. The van der Waals surface area contributed by atoms with E-state index >= 15 is 9.18 Å². The first kappa shape index (κ1) is 19.2. The zero-order valence-electron chi connectivity index (χ0n) is 49.4. The number of nitrogens with zero attached hydrogens (tertiary/aromatic N) is 3. The first-order valence-corrected chi connectivity index (χ1v) is 16.5. The number of aromatic nitrogens is 1. The van der Waals surface area contributed by atoms with Gasteiger partial charge in [-0.25, -0.2) is 8.78 Å². The Morgan fingerprint density at radius 1 is 1.00 bits per heavy atom. The molecule has 0 aliphatic carbocycles. The van der Waals surface area contributed by atoms with Crippen molar-refractivity contribution in [1.82, 2.24) is 14.4 Å². The van der Waals surface area contributed by atoms with E-state index in [1.165, 1.54) is 6.92 Å². The number of fused-ring (bicyclic) bond motifs is 1. The highest BCUT2D eigenvalue weighted by molar-refractivity contribution is 7.98. The highest BCUT2D eigenvalue weighted by Gasteiger charge is 2.31. The van der Waals surface area contributed by atoms with Gasteiger partial charge in [0, 0.05) is 64.6 Å². The molecule has 6 nitrogen and oxygen atoms in total. The number of hydrogen-bond donors (Lipinski definition) is 0. The lowest BCUT2D eigenvalue weighted by Gasteiger charge is -2.39. The number of carbonyl (C=O) groups excluding carboxylic acids is 1. The van der Waals surface area contributed by atoms with Crippen LogP contribution in [0, 0.1) is 18.6 Å². The molecule has 6 rings (SSSR count). The summed E-state index contributed by atoms with van der Waals surface area (Å²) in [5.74, 6) is -6.01. The van der Waals surface area contributed by atoms with Crippen molar-refractivity contribution in [1.29, 1.82) is 0 Å². The molecular weight excluding hydrogens is 710 g/mol. The Kier molecular flexibility index (Phi) is 6.03. The van der Waals surface area contributed by atoms with Crippen LogP contribution in [-0.2, 0) is 34.5 Å². The standard InChI is InChI=1S/C41H40F5N3O3S/c1-27-6-15-36-34(22-27)37(50)23-39(53-26-31-4-3-5-35(42)40(31)43)49(36)25-38(51)48(33-16-18-47(19-17-33)20-21-52-2)24-28-7-9-29(10-8-28)30-11-13-32(14-12-30)41(44,45)46/h3-15,22-23,33H,16-21,24-26H2,1-2H3/i2D3,3D,4D,5D,6D,7D,8D,9D,10D,11D,12D,13D,14D,15D,20D2,22D,23D,24D2. The minimum absolute atomic E-state index is 0.248. The fourth-order valence-electron chi connectivity index (χ4n) is 5.26.